The molecular weight excluding hydrogens is 481 g/mol. The van der Waals surface area contributed by atoms with Gasteiger partial charge in [-0.3, -0.25) is 0 Å². The number of thioether (sulfide) groups is 1. The Bertz CT molecular complexity index is 960. The molecule has 5 unspecified atom stereocenters. The molecule has 1 saturated heterocycles. The molecule has 0 spiro atoms. The van der Waals surface area contributed by atoms with Crippen LogP contribution in [0.1, 0.15) is 11.1 Å². The topological polar surface area (TPSA) is 108 Å². The van der Waals surface area contributed by atoms with Gasteiger partial charge in [-0.1, -0.05) is 23.7 Å². The van der Waals surface area contributed by atoms with Crippen molar-refractivity contribution in [2.24, 2.45) is 5.73 Å². The molecule has 0 amide bonds. The van der Waals surface area contributed by atoms with Gasteiger partial charge in [-0.05, 0) is 42.0 Å². The molecule has 5 atom stereocenters. The zero-order valence-corrected chi connectivity index (χ0v) is 18.9. The third-order valence-electron chi connectivity index (χ3n) is 5.22. The van der Waals surface area contributed by atoms with Crippen LogP contribution in [0, 0.1) is 17.5 Å². The molecule has 0 saturated carbocycles. The van der Waals surface area contributed by atoms with E-state index in [1.807, 2.05) is 12.1 Å². The monoisotopic (exact) mass is 504 g/mol. The smallest absolute Gasteiger partial charge is 0.194 e. The van der Waals surface area contributed by atoms with Crippen LogP contribution < -0.4 is 11.1 Å². The van der Waals surface area contributed by atoms with Crippen molar-refractivity contribution in [1.29, 1.82) is 0 Å². The van der Waals surface area contributed by atoms with Crippen LogP contribution in [0.5, 0.6) is 0 Å². The van der Waals surface area contributed by atoms with Crippen LogP contribution in [0.4, 0.5) is 13.2 Å². The molecule has 1 heterocycles. The van der Waals surface area contributed by atoms with E-state index in [0.717, 1.165) is 23.9 Å². The average molecular weight is 505 g/mol. The number of ether oxygens (including phenoxy) is 1. The maximum Gasteiger partial charge on any atom is 0.194 e. The number of nitrogens with one attached hydrogen (secondary N) is 1. The third kappa shape index (κ3) is 6.34. The molecule has 0 bridgehead atoms. The fourth-order valence-electron chi connectivity index (χ4n) is 3.36. The molecule has 6 N–H and O–H groups in total. The summed E-state index contributed by atoms with van der Waals surface area (Å²) in [7, 11) is 0. The number of nitrogens with two attached hydrogens (primary N) is 1. The standard InChI is InChI=1S/C22H24ClF3N2O4S/c23-13-3-1-11(2-4-13)5-6-33-22-21(31)19(20(30)17(10-29)32-22)28-9-16(27)12-7-14(24)18(26)15(25)8-12/h1-4,7-9,17,19-22,28-31H,5-6,10,27H2/b16-9-. The summed E-state index contributed by atoms with van der Waals surface area (Å²) in [6.45, 7) is -0.492. The summed E-state index contributed by atoms with van der Waals surface area (Å²) in [6.07, 6.45) is -1.66. The van der Waals surface area contributed by atoms with Crippen molar-refractivity contribution in [1.82, 2.24) is 5.32 Å². The molecule has 1 aliphatic heterocycles. The largest absolute Gasteiger partial charge is 0.397 e. The Morgan fingerprint density at radius 3 is 2.36 bits per heavy atom. The Balaban J connectivity index is 1.67. The second kappa shape index (κ2) is 11.5. The highest BCUT2D eigenvalue weighted by atomic mass is 35.5. The van der Waals surface area contributed by atoms with Gasteiger partial charge in [-0.25, -0.2) is 13.2 Å². The van der Waals surface area contributed by atoms with Crippen LogP contribution in [0.2, 0.25) is 5.02 Å². The average Bonchev–Trinajstić information content (AvgIpc) is 2.79. The predicted octanol–water partition coefficient (Wildman–Crippen LogP) is 2.39. The molecule has 3 rings (SSSR count). The van der Waals surface area contributed by atoms with Gasteiger partial charge in [0, 0.05) is 16.8 Å². The lowest BCUT2D eigenvalue weighted by Gasteiger charge is -2.42. The van der Waals surface area contributed by atoms with Crippen molar-refractivity contribution in [3.63, 3.8) is 0 Å². The van der Waals surface area contributed by atoms with Crippen LogP contribution >= 0.6 is 23.4 Å². The number of aryl methyl sites for hydroxylation is 1. The maximum atomic E-state index is 13.5. The van der Waals surface area contributed by atoms with Gasteiger partial charge in [-0.2, -0.15) is 0 Å². The number of aliphatic hydroxyl groups is 3. The fourth-order valence-corrected chi connectivity index (χ4v) is 4.66. The molecule has 0 radical (unpaired) electrons. The first-order valence-corrected chi connectivity index (χ1v) is 11.5. The first kappa shape index (κ1) is 25.7. The van der Waals surface area contributed by atoms with Crippen molar-refractivity contribution in [2.75, 3.05) is 12.4 Å². The molecule has 11 heteroatoms. The zero-order valence-electron chi connectivity index (χ0n) is 17.3. The second-order valence-corrected chi connectivity index (χ2v) is 9.14. The van der Waals surface area contributed by atoms with E-state index >= 15 is 0 Å². The summed E-state index contributed by atoms with van der Waals surface area (Å²) in [6, 6.07) is 7.80. The van der Waals surface area contributed by atoms with Crippen molar-refractivity contribution in [3.8, 4) is 0 Å². The lowest BCUT2D eigenvalue weighted by atomic mass is 9.97. The van der Waals surface area contributed by atoms with E-state index in [9.17, 15) is 28.5 Å². The van der Waals surface area contributed by atoms with Crippen LogP contribution in [0.3, 0.4) is 0 Å². The lowest BCUT2D eigenvalue weighted by Crippen LogP contribution is -2.62. The van der Waals surface area contributed by atoms with Crippen molar-refractivity contribution in [2.45, 2.75) is 36.2 Å². The molecule has 180 valence electrons. The minimum Gasteiger partial charge on any atom is -0.397 e. The van der Waals surface area contributed by atoms with Crippen LogP contribution in [0.25, 0.3) is 5.70 Å². The second-order valence-electron chi connectivity index (χ2n) is 7.50. The Kier molecular flexibility index (Phi) is 8.91. The highest BCUT2D eigenvalue weighted by Crippen LogP contribution is 2.29. The highest BCUT2D eigenvalue weighted by molar-refractivity contribution is 7.99. The summed E-state index contributed by atoms with van der Waals surface area (Å²) in [5.41, 5.74) is 5.83. The van der Waals surface area contributed by atoms with Crippen LogP contribution in [-0.2, 0) is 11.2 Å². The van der Waals surface area contributed by atoms with E-state index in [-0.39, 0.29) is 11.3 Å². The van der Waals surface area contributed by atoms with Gasteiger partial charge in [0.15, 0.2) is 17.5 Å². The van der Waals surface area contributed by atoms with Gasteiger partial charge in [0.1, 0.15) is 23.7 Å². The SMILES string of the molecule is N/C(=C\NC1C(O)C(CO)OC(SCCc2ccc(Cl)cc2)C1O)c1cc(F)c(F)c(F)c1. The number of hydrogen-bond acceptors (Lipinski definition) is 7. The predicted molar refractivity (Wildman–Crippen MR) is 121 cm³/mol. The number of aliphatic hydroxyl groups excluding tert-OH is 3. The van der Waals surface area contributed by atoms with Crippen molar-refractivity contribution >= 4 is 29.1 Å². The molecule has 1 fully saturated rings. The van der Waals surface area contributed by atoms with Gasteiger partial charge in [-0.15, -0.1) is 11.8 Å². The minimum absolute atomic E-state index is 0.123. The van der Waals surface area contributed by atoms with Gasteiger partial charge >= 0.3 is 0 Å². The van der Waals surface area contributed by atoms with Crippen LogP contribution in [0.15, 0.2) is 42.6 Å². The number of halogens is 4. The zero-order chi connectivity index (χ0) is 24.1. The Labute approximate surface area is 198 Å². The van der Waals surface area contributed by atoms with E-state index in [2.05, 4.69) is 5.32 Å². The Morgan fingerprint density at radius 1 is 1.12 bits per heavy atom. The molecule has 0 aromatic heterocycles. The third-order valence-corrected chi connectivity index (χ3v) is 6.63. The van der Waals surface area contributed by atoms with Gasteiger partial charge < -0.3 is 31.1 Å². The molecule has 2 aromatic rings. The van der Waals surface area contributed by atoms with Gasteiger partial charge in [0.05, 0.1) is 18.3 Å². The van der Waals surface area contributed by atoms with E-state index in [0.29, 0.717) is 17.2 Å². The van der Waals surface area contributed by atoms with E-state index in [1.165, 1.54) is 11.8 Å². The molecule has 1 aliphatic rings. The summed E-state index contributed by atoms with van der Waals surface area (Å²) in [4.78, 5) is 0. The van der Waals surface area contributed by atoms with Crippen molar-refractivity contribution in [3.05, 3.63) is 76.2 Å². The highest BCUT2D eigenvalue weighted by Gasteiger charge is 2.44. The molecular formula is C22H24ClF3N2O4S. The normalized spacial score (nSPS) is 25.8. The molecule has 33 heavy (non-hydrogen) atoms. The van der Waals surface area contributed by atoms with E-state index in [4.69, 9.17) is 22.1 Å². The Hall–Kier alpha value is -1.95. The molecule has 0 aliphatic carbocycles. The number of rotatable bonds is 8. The number of hydrogen-bond donors (Lipinski definition) is 5. The summed E-state index contributed by atoms with van der Waals surface area (Å²) in [5, 5.41) is 34.2. The van der Waals surface area contributed by atoms with Crippen LogP contribution in [-0.4, -0.2) is 57.5 Å². The fraction of sp³-hybridized carbons (Fsp3) is 0.364. The van der Waals surface area contributed by atoms with Gasteiger partial charge in [0.2, 0.25) is 0 Å². The van der Waals surface area contributed by atoms with Gasteiger partial charge in [0.25, 0.3) is 0 Å². The first-order valence-electron chi connectivity index (χ1n) is 10.1. The minimum atomic E-state index is -1.61. The van der Waals surface area contributed by atoms with E-state index < -0.39 is 53.8 Å². The lowest BCUT2D eigenvalue weighted by molar-refractivity contribution is -0.164. The first-order chi connectivity index (χ1) is 15.7. The maximum absolute atomic E-state index is 13.5. The van der Waals surface area contributed by atoms with E-state index in [1.54, 1.807) is 12.1 Å². The summed E-state index contributed by atoms with van der Waals surface area (Å²) in [5.74, 6) is -3.83. The quantitative estimate of drug-likeness (QED) is 0.351. The summed E-state index contributed by atoms with van der Waals surface area (Å²) >= 11 is 7.19. The molecule has 2 aromatic carbocycles. The number of benzene rings is 2. The molecule has 6 nitrogen and oxygen atoms in total. The van der Waals surface area contributed by atoms with Crippen molar-refractivity contribution < 1.29 is 33.2 Å². The Morgan fingerprint density at radius 2 is 1.76 bits per heavy atom. The summed E-state index contributed by atoms with van der Waals surface area (Å²) < 4.78 is 45.8.